The minimum atomic E-state index is -0.559. The van der Waals surface area contributed by atoms with E-state index >= 15 is 0 Å². The molecule has 0 unspecified atom stereocenters. The van der Waals surface area contributed by atoms with Crippen LogP contribution in [-0.4, -0.2) is 25.2 Å². The van der Waals surface area contributed by atoms with Crippen LogP contribution >= 0.6 is 0 Å². The summed E-state index contributed by atoms with van der Waals surface area (Å²) in [6.07, 6.45) is 1.33. The lowest BCUT2D eigenvalue weighted by molar-refractivity contribution is 0.311. The molecule has 106 valence electrons. The van der Waals surface area contributed by atoms with Crippen molar-refractivity contribution in [3.8, 4) is 11.8 Å². The highest BCUT2D eigenvalue weighted by Gasteiger charge is 2.15. The number of hydrogen-bond acceptors (Lipinski definition) is 5. The number of halogens is 1. The van der Waals surface area contributed by atoms with Crippen molar-refractivity contribution < 1.29 is 9.13 Å². The SMILES string of the molecule is CN1CCOc2ccc(Nc3ncc(C#N)cc3F)cc21. The number of rotatable bonds is 2. The molecule has 1 aliphatic heterocycles. The highest BCUT2D eigenvalue weighted by Crippen LogP contribution is 2.34. The van der Waals surface area contributed by atoms with E-state index in [4.69, 9.17) is 10.00 Å². The van der Waals surface area contributed by atoms with Gasteiger partial charge < -0.3 is 15.0 Å². The molecule has 0 radical (unpaired) electrons. The van der Waals surface area contributed by atoms with Gasteiger partial charge in [-0.1, -0.05) is 0 Å². The summed E-state index contributed by atoms with van der Waals surface area (Å²) in [6.45, 7) is 1.46. The van der Waals surface area contributed by atoms with Crippen molar-refractivity contribution in [2.45, 2.75) is 0 Å². The van der Waals surface area contributed by atoms with Crippen LogP contribution < -0.4 is 15.0 Å². The van der Waals surface area contributed by atoms with Crippen LogP contribution in [0, 0.1) is 17.1 Å². The minimum absolute atomic E-state index is 0.0910. The van der Waals surface area contributed by atoms with Crippen molar-refractivity contribution in [3.63, 3.8) is 0 Å². The van der Waals surface area contributed by atoms with Gasteiger partial charge in [-0.3, -0.25) is 0 Å². The number of hydrogen-bond donors (Lipinski definition) is 1. The summed E-state index contributed by atoms with van der Waals surface area (Å²) in [7, 11) is 1.98. The Morgan fingerprint density at radius 3 is 3.05 bits per heavy atom. The van der Waals surface area contributed by atoms with Gasteiger partial charge >= 0.3 is 0 Å². The zero-order valence-electron chi connectivity index (χ0n) is 11.4. The third kappa shape index (κ3) is 2.58. The number of likely N-dealkylation sites (N-methyl/N-ethyl adjacent to an activating group) is 1. The maximum absolute atomic E-state index is 13.8. The molecule has 0 bridgehead atoms. The van der Waals surface area contributed by atoms with Gasteiger partial charge in [0, 0.05) is 18.9 Å². The van der Waals surface area contributed by atoms with E-state index < -0.39 is 5.82 Å². The van der Waals surface area contributed by atoms with Crippen LogP contribution in [0.5, 0.6) is 5.75 Å². The summed E-state index contributed by atoms with van der Waals surface area (Å²) < 4.78 is 19.4. The zero-order valence-corrected chi connectivity index (χ0v) is 11.4. The van der Waals surface area contributed by atoms with E-state index in [0.717, 1.165) is 24.0 Å². The number of aromatic nitrogens is 1. The molecule has 0 saturated carbocycles. The second kappa shape index (κ2) is 5.29. The Labute approximate surface area is 121 Å². The van der Waals surface area contributed by atoms with Crippen molar-refractivity contribution in [1.29, 1.82) is 5.26 Å². The van der Waals surface area contributed by atoms with Crippen molar-refractivity contribution in [2.75, 3.05) is 30.4 Å². The molecule has 21 heavy (non-hydrogen) atoms. The lowest BCUT2D eigenvalue weighted by Crippen LogP contribution is -2.28. The molecule has 0 fully saturated rings. The topological polar surface area (TPSA) is 61.2 Å². The van der Waals surface area contributed by atoms with Crippen LogP contribution in [0.25, 0.3) is 0 Å². The van der Waals surface area contributed by atoms with Crippen LogP contribution in [0.2, 0.25) is 0 Å². The number of ether oxygens (including phenoxy) is 1. The van der Waals surface area contributed by atoms with Gasteiger partial charge in [0.1, 0.15) is 18.4 Å². The minimum Gasteiger partial charge on any atom is -0.490 e. The number of fused-ring (bicyclic) bond motifs is 1. The summed E-state index contributed by atoms with van der Waals surface area (Å²) >= 11 is 0. The molecular weight excluding hydrogens is 271 g/mol. The lowest BCUT2D eigenvalue weighted by atomic mass is 10.2. The Morgan fingerprint density at radius 2 is 2.29 bits per heavy atom. The van der Waals surface area contributed by atoms with E-state index in [1.807, 2.05) is 25.2 Å². The molecule has 1 N–H and O–H groups in total. The van der Waals surface area contributed by atoms with Gasteiger partial charge in [-0.15, -0.1) is 0 Å². The predicted octanol–water partition coefficient (Wildman–Crippen LogP) is 2.66. The molecule has 0 amide bonds. The maximum Gasteiger partial charge on any atom is 0.167 e. The summed E-state index contributed by atoms with van der Waals surface area (Å²) in [6, 6.07) is 8.54. The van der Waals surface area contributed by atoms with Gasteiger partial charge in [-0.25, -0.2) is 9.37 Å². The molecule has 1 aromatic carbocycles. The van der Waals surface area contributed by atoms with E-state index in [1.54, 1.807) is 6.07 Å². The Morgan fingerprint density at radius 1 is 1.43 bits per heavy atom. The van der Waals surface area contributed by atoms with E-state index in [0.29, 0.717) is 12.3 Å². The Hall–Kier alpha value is -2.81. The van der Waals surface area contributed by atoms with Crippen molar-refractivity contribution >= 4 is 17.2 Å². The number of nitriles is 1. The lowest BCUT2D eigenvalue weighted by Gasteiger charge is -2.28. The molecule has 1 aliphatic rings. The fraction of sp³-hybridized carbons (Fsp3) is 0.200. The first-order valence-corrected chi connectivity index (χ1v) is 6.48. The van der Waals surface area contributed by atoms with Crippen molar-refractivity contribution in [2.24, 2.45) is 0 Å². The molecule has 0 atom stereocenters. The van der Waals surface area contributed by atoms with Gasteiger partial charge in [0.15, 0.2) is 11.6 Å². The van der Waals surface area contributed by atoms with E-state index in [1.165, 1.54) is 6.20 Å². The second-order valence-electron chi connectivity index (χ2n) is 4.74. The third-order valence-corrected chi connectivity index (χ3v) is 3.29. The van der Waals surface area contributed by atoms with Crippen molar-refractivity contribution in [3.05, 3.63) is 41.8 Å². The Kier molecular flexibility index (Phi) is 3.32. The fourth-order valence-electron chi connectivity index (χ4n) is 2.16. The average molecular weight is 284 g/mol. The summed E-state index contributed by atoms with van der Waals surface area (Å²) in [5.41, 5.74) is 1.85. The first kappa shape index (κ1) is 13.2. The number of nitrogens with one attached hydrogen (secondary N) is 1. The molecule has 2 heterocycles. The van der Waals surface area contributed by atoms with Crippen LogP contribution in [-0.2, 0) is 0 Å². The van der Waals surface area contributed by atoms with Gasteiger partial charge in [0.2, 0.25) is 0 Å². The Bertz CT molecular complexity index is 726. The molecule has 0 aliphatic carbocycles. The van der Waals surface area contributed by atoms with Gasteiger partial charge in [-0.05, 0) is 24.3 Å². The molecule has 3 rings (SSSR count). The monoisotopic (exact) mass is 284 g/mol. The van der Waals surface area contributed by atoms with E-state index in [-0.39, 0.29) is 11.4 Å². The van der Waals surface area contributed by atoms with Crippen LogP contribution in [0.1, 0.15) is 5.56 Å². The number of pyridine rings is 1. The summed E-state index contributed by atoms with van der Waals surface area (Å²) in [5, 5.41) is 11.6. The van der Waals surface area contributed by atoms with Gasteiger partial charge in [-0.2, -0.15) is 5.26 Å². The number of anilines is 3. The van der Waals surface area contributed by atoms with E-state index in [2.05, 4.69) is 15.2 Å². The first-order valence-electron chi connectivity index (χ1n) is 6.48. The normalized spacial score (nSPS) is 13.1. The number of benzene rings is 1. The molecule has 6 heteroatoms. The summed E-state index contributed by atoms with van der Waals surface area (Å²) in [5.74, 6) is 0.340. The molecule has 2 aromatic rings. The standard InChI is InChI=1S/C15H13FN4O/c1-20-4-5-21-14-3-2-11(7-13(14)20)19-15-12(16)6-10(8-17)9-18-15/h2-3,6-7,9H,4-5H2,1H3,(H,18,19). The molecular formula is C15H13FN4O. The molecule has 0 spiro atoms. The smallest absolute Gasteiger partial charge is 0.167 e. The van der Waals surface area contributed by atoms with Crippen LogP contribution in [0.15, 0.2) is 30.5 Å². The van der Waals surface area contributed by atoms with E-state index in [9.17, 15) is 4.39 Å². The predicted molar refractivity (Wildman–Crippen MR) is 77.4 cm³/mol. The van der Waals surface area contributed by atoms with Crippen LogP contribution in [0.4, 0.5) is 21.6 Å². The summed E-state index contributed by atoms with van der Waals surface area (Å²) in [4.78, 5) is 6.00. The maximum atomic E-state index is 13.8. The first-order chi connectivity index (χ1) is 10.2. The molecule has 5 nitrogen and oxygen atoms in total. The highest BCUT2D eigenvalue weighted by molar-refractivity contribution is 5.69. The average Bonchev–Trinajstić information content (AvgIpc) is 2.50. The van der Waals surface area contributed by atoms with Crippen molar-refractivity contribution in [1.82, 2.24) is 4.98 Å². The number of nitrogens with zero attached hydrogens (tertiary/aromatic N) is 3. The molecule has 1 aromatic heterocycles. The van der Waals surface area contributed by atoms with Crippen LogP contribution in [0.3, 0.4) is 0 Å². The quantitative estimate of drug-likeness (QED) is 0.918. The highest BCUT2D eigenvalue weighted by atomic mass is 19.1. The Balaban J connectivity index is 1.89. The second-order valence-corrected chi connectivity index (χ2v) is 4.74. The zero-order chi connectivity index (χ0) is 14.8. The third-order valence-electron chi connectivity index (χ3n) is 3.29. The van der Waals surface area contributed by atoms with Gasteiger partial charge in [0.25, 0.3) is 0 Å². The van der Waals surface area contributed by atoms with Gasteiger partial charge in [0.05, 0.1) is 17.8 Å². The largest absolute Gasteiger partial charge is 0.490 e. The fourth-order valence-corrected chi connectivity index (χ4v) is 2.16. The molecule has 0 saturated heterocycles.